The molecule has 0 aliphatic heterocycles. The van der Waals surface area contributed by atoms with E-state index in [1.807, 2.05) is 30.3 Å². The lowest BCUT2D eigenvalue weighted by atomic mass is 9.86. The Morgan fingerprint density at radius 3 is 2.12 bits per heavy atom. The number of pyridine rings is 1. The first-order valence-corrected chi connectivity index (χ1v) is 12.6. The summed E-state index contributed by atoms with van der Waals surface area (Å²) in [6, 6.07) is 23.8. The molecular formula is C30H25F4N5O3. The zero-order valence-electron chi connectivity index (χ0n) is 22.0. The highest BCUT2D eigenvalue weighted by Gasteiger charge is 2.21. The number of hydrogen-bond donors (Lipinski definition) is 2. The monoisotopic (exact) mass is 579 g/mol. The van der Waals surface area contributed by atoms with E-state index in [1.165, 1.54) is 24.5 Å². The number of alkyl halides is 4. The maximum absolute atomic E-state index is 13.1. The van der Waals surface area contributed by atoms with Gasteiger partial charge in [-0.1, -0.05) is 48.5 Å². The predicted octanol–water partition coefficient (Wildman–Crippen LogP) is 5.94. The number of hydrogen-bond acceptors (Lipinski definition) is 5. The topological polar surface area (TPSA) is 106 Å². The molecule has 0 saturated carbocycles. The molecule has 42 heavy (non-hydrogen) atoms. The Bertz CT molecular complexity index is 1510. The zero-order chi connectivity index (χ0) is 29.9. The van der Waals surface area contributed by atoms with Gasteiger partial charge in [-0.3, -0.25) is 0 Å². The number of benzene rings is 3. The molecule has 0 bridgehead atoms. The Balaban J connectivity index is 1.61. The van der Waals surface area contributed by atoms with Crippen LogP contribution in [0, 0.1) is 16.7 Å². The molecule has 0 amide bonds. The average molecular weight is 580 g/mol. The van der Waals surface area contributed by atoms with Crippen LogP contribution in [0.1, 0.15) is 28.2 Å². The third kappa shape index (κ3) is 8.59. The Kier molecular flexibility index (Phi) is 10.1. The summed E-state index contributed by atoms with van der Waals surface area (Å²) in [7, 11) is 0. The number of aliphatic imine (C=N–C) groups is 1. The van der Waals surface area contributed by atoms with Crippen molar-refractivity contribution in [1.82, 2.24) is 5.32 Å². The lowest BCUT2D eigenvalue weighted by Gasteiger charge is -2.21. The van der Waals surface area contributed by atoms with Crippen LogP contribution in [0.25, 0.3) is 0 Å². The predicted molar refractivity (Wildman–Crippen MR) is 147 cm³/mol. The van der Waals surface area contributed by atoms with E-state index in [4.69, 9.17) is 5.26 Å². The second kappa shape index (κ2) is 14.4. The quantitative estimate of drug-likeness (QED) is 0.0570. The summed E-state index contributed by atoms with van der Waals surface area (Å²) in [5.74, 6) is -1.26. The SMILES string of the molecule is N#CN=C(NCc1ccccc1)Nc1ccc(C(Cc2cc[n+]([O-])cc2)c2ccc(OC(F)F)c(OC(F)F)c2)cc1. The van der Waals surface area contributed by atoms with Crippen LogP contribution in [-0.2, 0) is 13.0 Å². The van der Waals surface area contributed by atoms with Crippen LogP contribution in [0.3, 0.4) is 0 Å². The number of nitrogens with one attached hydrogen (secondary N) is 2. The number of aromatic nitrogens is 1. The van der Waals surface area contributed by atoms with E-state index in [2.05, 4.69) is 25.1 Å². The van der Waals surface area contributed by atoms with E-state index in [0.717, 1.165) is 22.8 Å². The number of halogens is 4. The number of nitriles is 1. The fourth-order valence-electron chi connectivity index (χ4n) is 4.25. The number of ether oxygens (including phenoxy) is 2. The molecule has 0 aliphatic carbocycles. The largest absolute Gasteiger partial charge is 0.619 e. The first kappa shape index (κ1) is 29.7. The van der Waals surface area contributed by atoms with Gasteiger partial charge in [0.1, 0.15) is 0 Å². The van der Waals surface area contributed by atoms with Crippen molar-refractivity contribution < 1.29 is 31.8 Å². The zero-order valence-corrected chi connectivity index (χ0v) is 22.0. The van der Waals surface area contributed by atoms with Gasteiger partial charge in [-0.2, -0.15) is 27.6 Å². The summed E-state index contributed by atoms with van der Waals surface area (Å²) >= 11 is 0. The van der Waals surface area contributed by atoms with Crippen molar-refractivity contribution in [1.29, 1.82) is 5.26 Å². The van der Waals surface area contributed by atoms with Crippen molar-refractivity contribution >= 4 is 11.6 Å². The molecule has 1 heterocycles. The Labute approximate surface area is 239 Å². The standard InChI is InChI=1S/C30H25F4N5O3/c31-28(32)41-26-11-8-23(17-27(26)42-29(33)34)25(16-20-12-14-39(40)15-13-20)22-6-9-24(10-7-22)38-30(37-19-35)36-18-21-4-2-1-3-5-21/h1-15,17,25,28-29H,16,18H2,(H2,36,37,38). The summed E-state index contributed by atoms with van der Waals surface area (Å²) in [6.45, 7) is -6.06. The smallest absolute Gasteiger partial charge is 0.387 e. The van der Waals surface area contributed by atoms with Crippen LogP contribution in [0.5, 0.6) is 11.5 Å². The molecule has 12 heteroatoms. The molecule has 0 spiro atoms. The highest BCUT2D eigenvalue weighted by molar-refractivity contribution is 5.94. The molecule has 1 unspecified atom stereocenters. The van der Waals surface area contributed by atoms with Crippen LogP contribution >= 0.6 is 0 Å². The van der Waals surface area contributed by atoms with E-state index in [0.29, 0.717) is 28.9 Å². The van der Waals surface area contributed by atoms with Crippen molar-refractivity contribution in [3.05, 3.63) is 125 Å². The summed E-state index contributed by atoms with van der Waals surface area (Å²) in [4.78, 5) is 3.80. The number of rotatable bonds is 11. The summed E-state index contributed by atoms with van der Waals surface area (Å²) in [5, 5.41) is 26.8. The van der Waals surface area contributed by atoms with E-state index in [9.17, 15) is 22.8 Å². The third-order valence-electron chi connectivity index (χ3n) is 6.15. The van der Waals surface area contributed by atoms with Crippen molar-refractivity contribution in [2.24, 2.45) is 4.99 Å². The third-order valence-corrected chi connectivity index (χ3v) is 6.15. The van der Waals surface area contributed by atoms with Gasteiger partial charge in [0.25, 0.3) is 0 Å². The average Bonchev–Trinajstić information content (AvgIpc) is 2.97. The second-order valence-electron chi connectivity index (χ2n) is 8.93. The second-order valence-corrected chi connectivity index (χ2v) is 8.93. The molecule has 2 N–H and O–H groups in total. The van der Waals surface area contributed by atoms with Crippen molar-refractivity contribution in [3.63, 3.8) is 0 Å². The van der Waals surface area contributed by atoms with Crippen molar-refractivity contribution in [2.45, 2.75) is 32.1 Å². The molecule has 0 fully saturated rings. The van der Waals surface area contributed by atoms with Gasteiger partial charge in [0, 0.05) is 30.3 Å². The minimum atomic E-state index is -3.26. The lowest BCUT2D eigenvalue weighted by Crippen LogP contribution is -2.30. The Morgan fingerprint density at radius 2 is 1.48 bits per heavy atom. The molecule has 216 valence electrons. The van der Waals surface area contributed by atoms with Gasteiger partial charge in [0.05, 0.1) is 0 Å². The summed E-state index contributed by atoms with van der Waals surface area (Å²) in [6.07, 6.45) is 4.77. The number of nitrogens with zero attached hydrogens (tertiary/aromatic N) is 3. The van der Waals surface area contributed by atoms with Crippen LogP contribution in [0.4, 0.5) is 23.2 Å². The van der Waals surface area contributed by atoms with E-state index in [1.54, 1.807) is 42.6 Å². The van der Waals surface area contributed by atoms with Gasteiger partial charge in [-0.15, -0.1) is 4.99 Å². The molecule has 4 aromatic rings. The first-order valence-electron chi connectivity index (χ1n) is 12.6. The lowest BCUT2D eigenvalue weighted by molar-refractivity contribution is -0.605. The maximum Gasteiger partial charge on any atom is 0.387 e. The van der Waals surface area contributed by atoms with Crippen molar-refractivity contribution in [3.8, 4) is 17.7 Å². The fraction of sp³-hybridized carbons (Fsp3) is 0.167. The molecule has 4 rings (SSSR count). The Morgan fingerprint density at radius 1 is 0.833 bits per heavy atom. The minimum Gasteiger partial charge on any atom is -0.619 e. The van der Waals surface area contributed by atoms with E-state index >= 15 is 0 Å². The van der Waals surface area contributed by atoms with Gasteiger partial charge in [-0.25, -0.2) is 0 Å². The van der Waals surface area contributed by atoms with Gasteiger partial charge in [0.15, 0.2) is 23.9 Å². The number of guanidine groups is 1. The Hall–Kier alpha value is -5.31. The van der Waals surface area contributed by atoms with Crippen LogP contribution in [-0.4, -0.2) is 19.2 Å². The first-order chi connectivity index (χ1) is 20.3. The van der Waals surface area contributed by atoms with Gasteiger partial charge in [-0.05, 0) is 52.9 Å². The van der Waals surface area contributed by atoms with Crippen LogP contribution in [0.2, 0.25) is 0 Å². The summed E-state index contributed by atoms with van der Waals surface area (Å²) in [5.41, 5.74) is 3.62. The molecular weight excluding hydrogens is 554 g/mol. The van der Waals surface area contributed by atoms with Gasteiger partial charge in [0.2, 0.25) is 12.2 Å². The molecule has 0 aliphatic rings. The molecule has 0 saturated heterocycles. The molecule has 1 aromatic heterocycles. The molecule has 0 radical (unpaired) electrons. The van der Waals surface area contributed by atoms with Gasteiger partial charge >= 0.3 is 13.2 Å². The number of anilines is 1. The van der Waals surface area contributed by atoms with Gasteiger partial charge < -0.3 is 25.3 Å². The van der Waals surface area contributed by atoms with Crippen molar-refractivity contribution in [2.75, 3.05) is 5.32 Å². The maximum atomic E-state index is 13.1. The molecule has 3 aromatic carbocycles. The normalized spacial score (nSPS) is 12.1. The molecule has 1 atom stereocenters. The minimum absolute atomic E-state index is 0.240. The van der Waals surface area contributed by atoms with Crippen LogP contribution < -0.4 is 24.8 Å². The highest BCUT2D eigenvalue weighted by Crippen LogP contribution is 2.37. The van der Waals surface area contributed by atoms with E-state index < -0.39 is 30.6 Å². The fourth-order valence-corrected chi connectivity index (χ4v) is 4.25. The molecule has 8 nitrogen and oxygen atoms in total. The summed E-state index contributed by atoms with van der Waals surface area (Å²) < 4.78 is 61.4. The highest BCUT2D eigenvalue weighted by atomic mass is 19.3. The van der Waals surface area contributed by atoms with E-state index in [-0.39, 0.29) is 5.96 Å². The van der Waals surface area contributed by atoms with Crippen LogP contribution in [0.15, 0.2) is 102 Å².